The second-order valence-corrected chi connectivity index (χ2v) is 9.79. The molecule has 5 nitrogen and oxygen atoms in total. The van der Waals surface area contributed by atoms with Crippen molar-refractivity contribution in [1.29, 1.82) is 0 Å². The van der Waals surface area contributed by atoms with E-state index in [0.29, 0.717) is 24.7 Å². The number of nitrogens with zero attached hydrogens (tertiary/aromatic N) is 1. The summed E-state index contributed by atoms with van der Waals surface area (Å²) in [5.74, 6) is 0.940. The lowest BCUT2D eigenvalue weighted by Gasteiger charge is -2.10. The van der Waals surface area contributed by atoms with Crippen molar-refractivity contribution in [2.45, 2.75) is 33.8 Å². The third-order valence-corrected chi connectivity index (χ3v) is 6.60. The summed E-state index contributed by atoms with van der Waals surface area (Å²) in [6.07, 6.45) is 5.01. The van der Waals surface area contributed by atoms with Crippen molar-refractivity contribution in [3.05, 3.63) is 81.1 Å². The van der Waals surface area contributed by atoms with Crippen LogP contribution in [0.2, 0.25) is 0 Å². The molecule has 0 unspecified atom stereocenters. The van der Waals surface area contributed by atoms with Crippen molar-refractivity contribution in [2.75, 3.05) is 13.2 Å². The molecule has 0 atom stereocenters. The lowest BCUT2D eigenvalue weighted by molar-refractivity contribution is -0.145. The number of allylic oxidation sites excluding steroid dienone is 3. The van der Waals surface area contributed by atoms with Crippen LogP contribution in [0.1, 0.15) is 36.4 Å². The number of esters is 1. The van der Waals surface area contributed by atoms with Gasteiger partial charge >= 0.3 is 5.97 Å². The molecule has 3 rings (SSSR count). The Bertz CT molecular complexity index is 1170. The highest BCUT2D eigenvalue weighted by Crippen LogP contribution is 2.34. The van der Waals surface area contributed by atoms with Crippen LogP contribution in [0, 0.1) is 6.92 Å². The van der Waals surface area contributed by atoms with Gasteiger partial charge in [0, 0.05) is 5.56 Å². The molecule has 0 saturated carbocycles. The second-order valence-electron chi connectivity index (χ2n) is 7.39. The number of rotatable bonds is 11. The largest absolute Gasteiger partial charge is 0.486 e. The first-order chi connectivity index (χ1) is 16.4. The van der Waals surface area contributed by atoms with Gasteiger partial charge in [0.1, 0.15) is 23.1 Å². The standard InChI is InChI=1S/C27H28BrNO4S/c1-5-8-19(6-2)20-9-11-21(12-10-20)26-27(28)34-24(29-26)16-32-22-13-14-23(18(4)15-22)33-17-25(30)31-7-3/h6,8-15H,2,5,7,16-17H2,1,3-4H3/b19-8+. The summed E-state index contributed by atoms with van der Waals surface area (Å²) in [7, 11) is 0. The van der Waals surface area contributed by atoms with Gasteiger partial charge in [0.05, 0.1) is 16.1 Å². The van der Waals surface area contributed by atoms with Crippen LogP contribution in [0.25, 0.3) is 16.8 Å². The van der Waals surface area contributed by atoms with E-state index in [0.717, 1.165) is 43.2 Å². The predicted molar refractivity (Wildman–Crippen MR) is 141 cm³/mol. The van der Waals surface area contributed by atoms with E-state index >= 15 is 0 Å². The summed E-state index contributed by atoms with van der Waals surface area (Å²) >= 11 is 5.20. The van der Waals surface area contributed by atoms with Gasteiger partial charge < -0.3 is 14.2 Å². The Morgan fingerprint density at radius 3 is 2.56 bits per heavy atom. The molecule has 7 heteroatoms. The average Bonchev–Trinajstić information content (AvgIpc) is 3.21. The molecule has 0 amide bonds. The van der Waals surface area contributed by atoms with Gasteiger partial charge in [-0.3, -0.25) is 0 Å². The summed E-state index contributed by atoms with van der Waals surface area (Å²) in [6.45, 7) is 10.3. The van der Waals surface area contributed by atoms with Gasteiger partial charge in [-0.25, -0.2) is 9.78 Å². The molecule has 0 N–H and O–H groups in total. The van der Waals surface area contributed by atoms with Crippen LogP contribution < -0.4 is 9.47 Å². The van der Waals surface area contributed by atoms with Crippen LogP contribution in [0.3, 0.4) is 0 Å². The minimum absolute atomic E-state index is 0.116. The number of halogens is 1. The molecule has 3 aromatic rings. The Balaban J connectivity index is 1.64. The van der Waals surface area contributed by atoms with Crippen molar-refractivity contribution < 1.29 is 19.0 Å². The number of ether oxygens (including phenoxy) is 3. The summed E-state index contributed by atoms with van der Waals surface area (Å²) in [6, 6.07) is 13.8. The van der Waals surface area contributed by atoms with Crippen LogP contribution in [0.4, 0.5) is 0 Å². The lowest BCUT2D eigenvalue weighted by Crippen LogP contribution is -2.14. The lowest BCUT2D eigenvalue weighted by atomic mass is 10.0. The summed E-state index contributed by atoms with van der Waals surface area (Å²) in [5.41, 5.74) is 5.08. The van der Waals surface area contributed by atoms with Gasteiger partial charge in [-0.2, -0.15) is 0 Å². The van der Waals surface area contributed by atoms with Gasteiger partial charge in [0.15, 0.2) is 6.61 Å². The van der Waals surface area contributed by atoms with Crippen molar-refractivity contribution in [3.63, 3.8) is 0 Å². The molecule has 0 spiro atoms. The third kappa shape index (κ3) is 6.81. The van der Waals surface area contributed by atoms with E-state index in [1.54, 1.807) is 24.3 Å². The minimum Gasteiger partial charge on any atom is -0.486 e. The number of carbonyl (C=O) groups excluding carboxylic acids is 1. The van der Waals surface area contributed by atoms with E-state index < -0.39 is 0 Å². The average molecular weight is 542 g/mol. The normalized spacial score (nSPS) is 11.2. The van der Waals surface area contributed by atoms with Gasteiger partial charge in [0.25, 0.3) is 0 Å². The number of hydrogen-bond acceptors (Lipinski definition) is 6. The molecule has 0 bridgehead atoms. The molecule has 0 aliphatic rings. The van der Waals surface area contributed by atoms with E-state index in [4.69, 9.17) is 19.2 Å². The molecule has 0 saturated heterocycles. The Morgan fingerprint density at radius 1 is 1.15 bits per heavy atom. The molecule has 2 aromatic carbocycles. The third-order valence-electron chi connectivity index (χ3n) is 4.93. The van der Waals surface area contributed by atoms with E-state index in [1.165, 1.54) is 0 Å². The number of hydrogen-bond donors (Lipinski definition) is 0. The van der Waals surface area contributed by atoms with Crippen molar-refractivity contribution in [1.82, 2.24) is 4.98 Å². The molecule has 178 valence electrons. The van der Waals surface area contributed by atoms with Crippen molar-refractivity contribution >= 4 is 38.8 Å². The smallest absolute Gasteiger partial charge is 0.344 e. The summed E-state index contributed by atoms with van der Waals surface area (Å²) in [4.78, 5) is 16.3. The molecular formula is C27H28BrNO4S. The molecular weight excluding hydrogens is 514 g/mol. The quantitative estimate of drug-likeness (QED) is 0.187. The highest BCUT2D eigenvalue weighted by Gasteiger charge is 2.13. The molecule has 1 aromatic heterocycles. The maximum atomic E-state index is 11.5. The zero-order valence-corrected chi connectivity index (χ0v) is 22.0. The first-order valence-electron chi connectivity index (χ1n) is 11.1. The number of aryl methyl sites for hydroxylation is 1. The van der Waals surface area contributed by atoms with Crippen LogP contribution in [0.5, 0.6) is 11.5 Å². The fourth-order valence-electron chi connectivity index (χ4n) is 3.30. The van der Waals surface area contributed by atoms with Crippen LogP contribution in [-0.2, 0) is 16.1 Å². The van der Waals surface area contributed by atoms with Crippen LogP contribution in [-0.4, -0.2) is 24.2 Å². The van der Waals surface area contributed by atoms with E-state index in [-0.39, 0.29) is 12.6 Å². The summed E-state index contributed by atoms with van der Waals surface area (Å²) < 4.78 is 17.3. The fraction of sp³-hybridized carbons (Fsp3) is 0.259. The van der Waals surface area contributed by atoms with Crippen molar-refractivity contribution in [2.24, 2.45) is 0 Å². The highest BCUT2D eigenvalue weighted by molar-refractivity contribution is 9.11. The van der Waals surface area contributed by atoms with Gasteiger partial charge in [-0.15, -0.1) is 11.3 Å². The molecule has 34 heavy (non-hydrogen) atoms. The first kappa shape index (κ1) is 25.7. The van der Waals surface area contributed by atoms with Gasteiger partial charge in [-0.05, 0) is 71.1 Å². The molecule has 0 radical (unpaired) electrons. The number of carbonyl (C=O) groups is 1. The Hall–Kier alpha value is -2.90. The predicted octanol–water partition coefficient (Wildman–Crippen LogP) is 7.38. The maximum absolute atomic E-state index is 11.5. The maximum Gasteiger partial charge on any atom is 0.344 e. The molecule has 1 heterocycles. The number of aromatic nitrogens is 1. The van der Waals surface area contributed by atoms with Gasteiger partial charge in [-0.1, -0.05) is 49.9 Å². The van der Waals surface area contributed by atoms with Crippen LogP contribution >= 0.6 is 27.3 Å². The second kappa shape index (κ2) is 12.5. The van der Waals surface area contributed by atoms with E-state index in [9.17, 15) is 4.79 Å². The summed E-state index contributed by atoms with van der Waals surface area (Å²) in [5, 5.41) is 0.865. The topological polar surface area (TPSA) is 57.7 Å². The Kier molecular flexibility index (Phi) is 9.48. The highest BCUT2D eigenvalue weighted by atomic mass is 79.9. The van der Waals surface area contributed by atoms with Gasteiger partial charge in [0.2, 0.25) is 0 Å². The molecule has 0 fully saturated rings. The number of thiazole rings is 1. The van der Waals surface area contributed by atoms with Crippen LogP contribution in [0.15, 0.2) is 65.0 Å². The zero-order valence-electron chi connectivity index (χ0n) is 19.6. The van der Waals surface area contributed by atoms with Crippen molar-refractivity contribution in [3.8, 4) is 22.8 Å². The monoisotopic (exact) mass is 541 g/mol. The Labute approximate surface area is 213 Å². The Morgan fingerprint density at radius 2 is 1.91 bits per heavy atom. The first-order valence-corrected chi connectivity index (χ1v) is 12.7. The SMILES string of the molecule is C=C/C(=C\CC)c1ccc(-c2nc(COc3ccc(OCC(=O)OCC)c(C)c3)sc2Br)cc1. The zero-order chi connectivity index (χ0) is 24.5. The fourth-order valence-corrected chi connectivity index (χ4v) is 4.90. The molecule has 0 aliphatic carbocycles. The van der Waals surface area contributed by atoms with E-state index in [2.05, 4.69) is 59.8 Å². The molecule has 0 aliphatic heterocycles. The number of benzene rings is 2. The van der Waals surface area contributed by atoms with E-state index in [1.807, 2.05) is 25.1 Å². The minimum atomic E-state index is -0.388.